The number of aryl methyl sites for hydroxylation is 1. The van der Waals surface area contributed by atoms with Crippen molar-refractivity contribution in [3.05, 3.63) is 24.1 Å². The molecule has 2 aromatic rings. The average molecular weight is 388 g/mol. The first-order valence-electron chi connectivity index (χ1n) is 9.87. The molecule has 1 amide bonds. The highest BCUT2D eigenvalue weighted by molar-refractivity contribution is 5.76. The monoisotopic (exact) mass is 388 g/mol. The van der Waals surface area contributed by atoms with Gasteiger partial charge < -0.3 is 23.7 Å². The van der Waals surface area contributed by atoms with Crippen molar-refractivity contribution in [3.63, 3.8) is 0 Å². The number of benzene rings is 1. The second-order valence-corrected chi connectivity index (χ2v) is 6.57. The van der Waals surface area contributed by atoms with E-state index in [1.54, 1.807) is 0 Å². The van der Waals surface area contributed by atoms with Crippen LogP contribution in [0, 0.1) is 0 Å². The minimum atomic E-state index is 0.109. The van der Waals surface area contributed by atoms with E-state index in [0.29, 0.717) is 42.7 Å². The van der Waals surface area contributed by atoms with Gasteiger partial charge in [0, 0.05) is 38.0 Å². The number of likely N-dealkylation sites (N-methyl/N-ethyl adjacent to an activating group) is 2. The second-order valence-electron chi connectivity index (χ2n) is 6.57. The van der Waals surface area contributed by atoms with E-state index in [2.05, 4.69) is 28.9 Å². The summed E-state index contributed by atoms with van der Waals surface area (Å²) in [6.07, 6.45) is 0.785. The van der Waals surface area contributed by atoms with Gasteiger partial charge in [-0.05, 0) is 38.2 Å². The Kier molecular flexibility index (Phi) is 6.86. The van der Waals surface area contributed by atoms with E-state index in [0.717, 1.165) is 31.7 Å². The van der Waals surface area contributed by atoms with Crippen LogP contribution in [-0.4, -0.2) is 65.4 Å². The molecule has 0 bridgehead atoms. The summed E-state index contributed by atoms with van der Waals surface area (Å²) >= 11 is 0. The highest BCUT2D eigenvalue weighted by Gasteiger charge is 2.18. The lowest BCUT2D eigenvalue weighted by Gasteiger charge is -2.25. The van der Waals surface area contributed by atoms with Crippen molar-refractivity contribution < 1.29 is 18.7 Å². The SMILES string of the molecule is CCN(CC)CCN(CC)C(=O)CCc1nnc(-c2ccc3c(c2)OCO3)o1. The van der Waals surface area contributed by atoms with Gasteiger partial charge in [-0.1, -0.05) is 13.8 Å². The summed E-state index contributed by atoms with van der Waals surface area (Å²) in [7, 11) is 0. The first kappa shape index (κ1) is 20.1. The Hall–Kier alpha value is -2.61. The maximum atomic E-state index is 12.5. The zero-order valence-electron chi connectivity index (χ0n) is 16.8. The quantitative estimate of drug-likeness (QED) is 0.619. The fourth-order valence-electron chi connectivity index (χ4n) is 3.13. The molecular weight excluding hydrogens is 360 g/mol. The van der Waals surface area contributed by atoms with Crippen LogP contribution in [0.5, 0.6) is 11.5 Å². The van der Waals surface area contributed by atoms with Crippen LogP contribution < -0.4 is 9.47 Å². The third kappa shape index (κ3) is 4.81. The fraction of sp³-hybridized carbons (Fsp3) is 0.550. The summed E-state index contributed by atoms with van der Waals surface area (Å²) in [6, 6.07) is 5.49. The molecule has 1 aromatic heterocycles. The Morgan fingerprint density at radius 1 is 1.04 bits per heavy atom. The molecule has 0 saturated heterocycles. The van der Waals surface area contributed by atoms with Crippen molar-refractivity contribution in [2.45, 2.75) is 33.6 Å². The van der Waals surface area contributed by atoms with Gasteiger partial charge in [0.2, 0.25) is 24.5 Å². The molecule has 0 spiro atoms. The second kappa shape index (κ2) is 9.54. The van der Waals surface area contributed by atoms with Crippen molar-refractivity contribution in [3.8, 4) is 23.0 Å². The lowest BCUT2D eigenvalue weighted by atomic mass is 10.2. The normalized spacial score (nSPS) is 12.6. The lowest BCUT2D eigenvalue weighted by molar-refractivity contribution is -0.131. The number of aromatic nitrogens is 2. The van der Waals surface area contributed by atoms with Crippen molar-refractivity contribution >= 4 is 5.91 Å². The maximum absolute atomic E-state index is 12.5. The summed E-state index contributed by atoms with van der Waals surface area (Å²) in [5.41, 5.74) is 0.767. The van der Waals surface area contributed by atoms with Crippen LogP contribution in [0.2, 0.25) is 0 Å². The summed E-state index contributed by atoms with van der Waals surface area (Å²) in [5.74, 6) is 2.35. The van der Waals surface area contributed by atoms with Gasteiger partial charge in [0.05, 0.1) is 0 Å². The van der Waals surface area contributed by atoms with E-state index >= 15 is 0 Å². The largest absolute Gasteiger partial charge is 0.454 e. The predicted molar refractivity (Wildman–Crippen MR) is 104 cm³/mol. The number of carbonyl (C=O) groups excluding carboxylic acids is 1. The van der Waals surface area contributed by atoms with E-state index in [1.165, 1.54) is 0 Å². The summed E-state index contributed by atoms with van der Waals surface area (Å²) in [6.45, 7) is 10.8. The number of rotatable bonds is 10. The molecule has 8 nitrogen and oxygen atoms in total. The zero-order valence-corrected chi connectivity index (χ0v) is 16.8. The van der Waals surface area contributed by atoms with Gasteiger partial charge in [-0.25, -0.2) is 0 Å². The van der Waals surface area contributed by atoms with Gasteiger partial charge in [0.15, 0.2) is 11.5 Å². The molecule has 2 heterocycles. The van der Waals surface area contributed by atoms with E-state index in [9.17, 15) is 4.79 Å². The van der Waals surface area contributed by atoms with Gasteiger partial charge in [0.25, 0.3) is 0 Å². The molecule has 0 saturated carbocycles. The van der Waals surface area contributed by atoms with Crippen LogP contribution in [0.3, 0.4) is 0 Å². The predicted octanol–water partition coefficient (Wildman–Crippen LogP) is 2.59. The lowest BCUT2D eigenvalue weighted by Crippen LogP contribution is -2.38. The zero-order chi connectivity index (χ0) is 19.9. The Morgan fingerprint density at radius 3 is 2.57 bits per heavy atom. The molecule has 152 valence electrons. The van der Waals surface area contributed by atoms with Gasteiger partial charge in [-0.2, -0.15) is 0 Å². The van der Waals surface area contributed by atoms with Crippen molar-refractivity contribution in [2.75, 3.05) is 39.5 Å². The third-order valence-electron chi connectivity index (χ3n) is 4.95. The number of amides is 1. The Labute approximate surface area is 165 Å². The molecular formula is C20H28N4O4. The van der Waals surface area contributed by atoms with Gasteiger partial charge in [-0.15, -0.1) is 10.2 Å². The molecule has 0 unspecified atom stereocenters. The number of hydrogen-bond acceptors (Lipinski definition) is 7. The molecule has 0 atom stereocenters. The van der Waals surface area contributed by atoms with Crippen LogP contribution >= 0.6 is 0 Å². The minimum absolute atomic E-state index is 0.109. The number of carbonyl (C=O) groups is 1. The first-order valence-corrected chi connectivity index (χ1v) is 9.87. The van der Waals surface area contributed by atoms with Crippen LogP contribution in [0.4, 0.5) is 0 Å². The summed E-state index contributed by atoms with van der Waals surface area (Å²) < 4.78 is 16.4. The van der Waals surface area contributed by atoms with Crippen LogP contribution in [0.15, 0.2) is 22.6 Å². The van der Waals surface area contributed by atoms with E-state index in [4.69, 9.17) is 13.9 Å². The maximum Gasteiger partial charge on any atom is 0.247 e. The molecule has 1 aliphatic heterocycles. The standard InChI is InChI=1S/C20H28N4O4/c1-4-23(5-2)11-12-24(6-3)19(25)10-9-18-21-22-20(28-18)15-7-8-16-17(13-15)27-14-26-16/h7-8,13H,4-6,9-12,14H2,1-3H3. The molecule has 0 aliphatic carbocycles. The Bertz CT molecular complexity index is 788. The average Bonchev–Trinajstić information content (AvgIpc) is 3.38. The third-order valence-corrected chi connectivity index (χ3v) is 4.95. The highest BCUT2D eigenvalue weighted by atomic mass is 16.7. The first-order chi connectivity index (χ1) is 13.6. The van der Waals surface area contributed by atoms with E-state index < -0.39 is 0 Å². The van der Waals surface area contributed by atoms with Crippen LogP contribution in [-0.2, 0) is 11.2 Å². The van der Waals surface area contributed by atoms with Gasteiger partial charge >= 0.3 is 0 Å². The molecule has 1 aliphatic rings. The van der Waals surface area contributed by atoms with Crippen LogP contribution in [0.1, 0.15) is 33.1 Å². The van der Waals surface area contributed by atoms with Gasteiger partial charge in [0.1, 0.15) is 0 Å². The number of ether oxygens (including phenoxy) is 2. The van der Waals surface area contributed by atoms with Crippen molar-refractivity contribution in [1.82, 2.24) is 20.0 Å². The molecule has 28 heavy (non-hydrogen) atoms. The smallest absolute Gasteiger partial charge is 0.247 e. The Morgan fingerprint density at radius 2 is 1.82 bits per heavy atom. The molecule has 0 fully saturated rings. The summed E-state index contributed by atoms with van der Waals surface area (Å²) in [4.78, 5) is 16.7. The van der Waals surface area contributed by atoms with Gasteiger partial charge in [-0.3, -0.25) is 4.79 Å². The number of nitrogens with zero attached hydrogens (tertiary/aromatic N) is 4. The summed E-state index contributed by atoms with van der Waals surface area (Å²) in [5, 5.41) is 8.17. The molecule has 3 rings (SSSR count). The topological polar surface area (TPSA) is 80.9 Å². The number of fused-ring (bicyclic) bond motifs is 1. The molecule has 0 radical (unpaired) electrons. The highest BCUT2D eigenvalue weighted by Crippen LogP contribution is 2.35. The fourth-order valence-corrected chi connectivity index (χ4v) is 3.13. The molecule has 8 heteroatoms. The van der Waals surface area contributed by atoms with E-state index in [1.807, 2.05) is 30.0 Å². The van der Waals surface area contributed by atoms with E-state index in [-0.39, 0.29) is 12.7 Å². The molecule has 1 aromatic carbocycles. The van der Waals surface area contributed by atoms with Crippen molar-refractivity contribution in [2.24, 2.45) is 0 Å². The Balaban J connectivity index is 1.54. The van der Waals surface area contributed by atoms with Crippen molar-refractivity contribution in [1.29, 1.82) is 0 Å². The van der Waals surface area contributed by atoms with Crippen LogP contribution in [0.25, 0.3) is 11.5 Å². The molecule has 0 N–H and O–H groups in total. The minimum Gasteiger partial charge on any atom is -0.454 e. The number of hydrogen-bond donors (Lipinski definition) is 0.